The molecule has 148 valence electrons. The fourth-order valence-corrected chi connectivity index (χ4v) is 3.70. The zero-order valence-electron chi connectivity index (χ0n) is 16.3. The van der Waals surface area contributed by atoms with Crippen LogP contribution < -0.4 is 0 Å². The van der Waals surface area contributed by atoms with E-state index in [0.717, 1.165) is 5.56 Å². The van der Waals surface area contributed by atoms with E-state index in [2.05, 4.69) is 54.8 Å². The molecule has 1 aromatic carbocycles. The Morgan fingerprint density at radius 3 is 2.48 bits per heavy atom. The lowest BCUT2D eigenvalue weighted by molar-refractivity contribution is 0.200. The minimum absolute atomic E-state index is 0.0415. The van der Waals surface area contributed by atoms with Crippen molar-refractivity contribution in [2.24, 2.45) is 0 Å². The summed E-state index contributed by atoms with van der Waals surface area (Å²) in [4.78, 5) is 4.53. The lowest BCUT2D eigenvalue weighted by Crippen LogP contribution is -2.40. The minimum Gasteiger partial charge on any atom is -0.413 e. The number of hydrogen-bond acceptors (Lipinski definition) is 3. The van der Waals surface area contributed by atoms with E-state index in [4.69, 9.17) is 16.0 Å². The van der Waals surface area contributed by atoms with Crippen LogP contribution >= 0.6 is 27.5 Å². The fraction of sp³-hybridized carbons (Fsp3) is 0.450. The van der Waals surface area contributed by atoms with Gasteiger partial charge in [0.15, 0.2) is 8.32 Å². The predicted molar refractivity (Wildman–Crippen MR) is 115 cm³/mol. The van der Waals surface area contributed by atoms with E-state index in [-0.39, 0.29) is 10.1 Å². The molecule has 0 spiro atoms. The third-order valence-corrected chi connectivity index (χ3v) is 10.4. The molecule has 0 bridgehead atoms. The molecular formula is C20H26BrClFNO2Si. The van der Waals surface area contributed by atoms with Crippen LogP contribution in [-0.2, 0) is 11.0 Å². The van der Waals surface area contributed by atoms with Gasteiger partial charge in [0.25, 0.3) is 0 Å². The van der Waals surface area contributed by atoms with Gasteiger partial charge >= 0.3 is 0 Å². The van der Waals surface area contributed by atoms with Gasteiger partial charge in [0.05, 0.1) is 23.0 Å². The second kappa shape index (κ2) is 8.70. The average molecular weight is 475 g/mol. The Balaban J connectivity index is 2.41. The van der Waals surface area contributed by atoms with Crippen molar-refractivity contribution in [3.05, 3.63) is 52.4 Å². The van der Waals surface area contributed by atoms with E-state index < -0.39 is 20.2 Å². The van der Waals surface area contributed by atoms with Crippen molar-refractivity contribution in [2.45, 2.75) is 51.6 Å². The van der Waals surface area contributed by atoms with Crippen LogP contribution in [0.3, 0.4) is 0 Å². The molecule has 2 aromatic rings. The SMILES string of the molecule is CC(C)(C)[Si](C)(C)OCc1cc(-c2ccc(F)c(Cl)c2)nc(C(O)CBr)c1. The summed E-state index contributed by atoms with van der Waals surface area (Å²) in [6.07, 6.45) is -0.743. The van der Waals surface area contributed by atoms with Crippen LogP contribution in [0.15, 0.2) is 30.3 Å². The number of aliphatic hydroxyl groups excluding tert-OH is 1. The Morgan fingerprint density at radius 2 is 1.93 bits per heavy atom. The van der Waals surface area contributed by atoms with Crippen LogP contribution in [0.2, 0.25) is 23.2 Å². The largest absolute Gasteiger partial charge is 0.413 e. The Morgan fingerprint density at radius 1 is 1.26 bits per heavy atom. The maximum absolute atomic E-state index is 13.5. The summed E-state index contributed by atoms with van der Waals surface area (Å²) >= 11 is 9.22. The van der Waals surface area contributed by atoms with Crippen molar-refractivity contribution in [3.8, 4) is 11.3 Å². The van der Waals surface area contributed by atoms with E-state index in [9.17, 15) is 9.50 Å². The van der Waals surface area contributed by atoms with Crippen LogP contribution in [0.5, 0.6) is 0 Å². The Kier molecular flexibility index (Phi) is 7.25. The first-order chi connectivity index (χ1) is 12.4. The maximum atomic E-state index is 13.5. The Hall–Kier alpha value is -0.793. The fourth-order valence-electron chi connectivity index (χ4n) is 2.23. The van der Waals surface area contributed by atoms with E-state index in [1.165, 1.54) is 6.07 Å². The van der Waals surface area contributed by atoms with E-state index in [1.54, 1.807) is 12.1 Å². The highest BCUT2D eigenvalue weighted by Crippen LogP contribution is 2.37. The number of alkyl halides is 1. The molecule has 1 atom stereocenters. The van der Waals surface area contributed by atoms with Gasteiger partial charge in [-0.3, -0.25) is 4.98 Å². The molecule has 0 aliphatic heterocycles. The number of aromatic nitrogens is 1. The summed E-state index contributed by atoms with van der Waals surface area (Å²) in [6, 6.07) is 8.25. The van der Waals surface area contributed by atoms with Gasteiger partial charge in [-0.25, -0.2) is 4.39 Å². The zero-order valence-corrected chi connectivity index (χ0v) is 19.7. The number of benzene rings is 1. The number of nitrogens with zero attached hydrogens (tertiary/aromatic N) is 1. The third kappa shape index (κ3) is 5.61. The summed E-state index contributed by atoms with van der Waals surface area (Å²) in [5.74, 6) is -0.474. The summed E-state index contributed by atoms with van der Waals surface area (Å²) in [5, 5.41) is 10.8. The molecule has 1 unspecified atom stereocenters. The number of hydrogen-bond donors (Lipinski definition) is 1. The van der Waals surface area contributed by atoms with Crippen LogP contribution in [0.25, 0.3) is 11.3 Å². The summed E-state index contributed by atoms with van der Waals surface area (Å²) in [7, 11) is -1.92. The minimum atomic E-state index is -1.92. The molecule has 2 rings (SSSR count). The van der Waals surface area contributed by atoms with Gasteiger partial charge in [-0.1, -0.05) is 48.3 Å². The van der Waals surface area contributed by atoms with Crippen molar-refractivity contribution < 1.29 is 13.9 Å². The predicted octanol–water partition coefficient (Wildman–Crippen LogP) is 6.49. The number of halogens is 3. The van der Waals surface area contributed by atoms with E-state index in [1.807, 2.05) is 12.1 Å². The average Bonchev–Trinajstić information content (AvgIpc) is 2.60. The van der Waals surface area contributed by atoms with Crippen molar-refractivity contribution in [3.63, 3.8) is 0 Å². The molecule has 3 nitrogen and oxygen atoms in total. The molecule has 0 aliphatic rings. The second-order valence-corrected chi connectivity index (χ2v) is 14.0. The first-order valence-corrected chi connectivity index (χ1v) is 13.2. The van der Waals surface area contributed by atoms with E-state index >= 15 is 0 Å². The van der Waals surface area contributed by atoms with Crippen LogP contribution in [-0.4, -0.2) is 23.7 Å². The summed E-state index contributed by atoms with van der Waals surface area (Å²) in [6.45, 7) is 11.4. The standard InChI is InChI=1S/C20H26BrClFNO2Si/c1-20(2,3)27(4,5)26-12-13-8-17(24-18(9-13)19(25)11-21)14-6-7-16(23)15(22)10-14/h6-10,19,25H,11-12H2,1-5H3. The highest BCUT2D eigenvalue weighted by atomic mass is 79.9. The monoisotopic (exact) mass is 473 g/mol. The molecule has 0 amide bonds. The normalized spacial score (nSPS) is 13.7. The highest BCUT2D eigenvalue weighted by molar-refractivity contribution is 9.09. The molecule has 0 saturated heterocycles. The number of pyridine rings is 1. The van der Waals surface area contributed by atoms with Crippen LogP contribution in [0.4, 0.5) is 4.39 Å². The molecule has 1 N–H and O–H groups in total. The smallest absolute Gasteiger partial charge is 0.192 e. The van der Waals surface area contributed by atoms with Crippen molar-refractivity contribution in [1.82, 2.24) is 4.98 Å². The van der Waals surface area contributed by atoms with Gasteiger partial charge in [-0.15, -0.1) is 0 Å². The first-order valence-electron chi connectivity index (χ1n) is 8.79. The molecule has 0 radical (unpaired) electrons. The van der Waals surface area contributed by atoms with Crippen molar-refractivity contribution in [1.29, 1.82) is 0 Å². The lowest BCUT2D eigenvalue weighted by Gasteiger charge is -2.36. The number of rotatable bonds is 6. The number of aliphatic hydroxyl groups is 1. The Bertz CT molecular complexity index is 811. The molecule has 27 heavy (non-hydrogen) atoms. The maximum Gasteiger partial charge on any atom is 0.192 e. The quantitative estimate of drug-likeness (QED) is 0.384. The van der Waals surface area contributed by atoms with Crippen molar-refractivity contribution in [2.75, 3.05) is 5.33 Å². The zero-order chi connectivity index (χ0) is 20.4. The molecule has 0 saturated carbocycles. The van der Waals surface area contributed by atoms with Gasteiger partial charge in [0, 0.05) is 10.9 Å². The lowest BCUT2D eigenvalue weighted by atomic mass is 10.1. The van der Waals surface area contributed by atoms with E-state index in [0.29, 0.717) is 28.9 Å². The topological polar surface area (TPSA) is 42.4 Å². The molecule has 0 aliphatic carbocycles. The van der Waals surface area contributed by atoms with Crippen LogP contribution in [0, 0.1) is 5.82 Å². The van der Waals surface area contributed by atoms with Gasteiger partial charge < -0.3 is 9.53 Å². The van der Waals surface area contributed by atoms with Crippen molar-refractivity contribution >= 4 is 35.8 Å². The molecule has 7 heteroatoms. The van der Waals surface area contributed by atoms with Gasteiger partial charge in [-0.2, -0.15) is 0 Å². The molecular weight excluding hydrogens is 449 g/mol. The highest BCUT2D eigenvalue weighted by Gasteiger charge is 2.37. The second-order valence-electron chi connectivity index (χ2n) is 8.13. The summed E-state index contributed by atoms with van der Waals surface area (Å²) < 4.78 is 19.8. The molecule has 1 heterocycles. The third-order valence-electron chi connectivity index (χ3n) is 5.01. The molecule has 1 aromatic heterocycles. The first kappa shape index (κ1) is 22.5. The van der Waals surface area contributed by atoms with Crippen LogP contribution in [0.1, 0.15) is 38.1 Å². The Labute approximate surface area is 175 Å². The van der Waals surface area contributed by atoms with Gasteiger partial charge in [0.2, 0.25) is 0 Å². The molecule has 0 fully saturated rings. The van der Waals surface area contributed by atoms with Gasteiger partial charge in [0.1, 0.15) is 11.9 Å². The van der Waals surface area contributed by atoms with Gasteiger partial charge in [-0.05, 0) is 54.0 Å². The summed E-state index contributed by atoms with van der Waals surface area (Å²) in [5.41, 5.74) is 2.78.